The minimum Gasteiger partial charge on any atom is -0.312 e. The van der Waals surface area contributed by atoms with Gasteiger partial charge in [0.1, 0.15) is 0 Å². The Kier molecular flexibility index (Phi) is 3.28. The molecule has 2 unspecified atom stereocenters. The fraction of sp³-hybridized carbons (Fsp3) is 0.455. The van der Waals surface area contributed by atoms with Crippen molar-refractivity contribution < 1.29 is 8.42 Å². The average Bonchev–Trinajstić information content (AvgIpc) is 2.97. The molecule has 0 heterocycles. The zero-order chi connectivity index (χ0) is 11.6. The Morgan fingerprint density at radius 1 is 1.31 bits per heavy atom. The lowest BCUT2D eigenvalue weighted by molar-refractivity contribution is 0.591. The van der Waals surface area contributed by atoms with Gasteiger partial charge in [-0.25, -0.2) is 13.6 Å². The van der Waals surface area contributed by atoms with Gasteiger partial charge < -0.3 is 5.32 Å². The number of rotatable bonds is 5. The van der Waals surface area contributed by atoms with Crippen LogP contribution in [0.5, 0.6) is 0 Å². The summed E-state index contributed by atoms with van der Waals surface area (Å²) in [7, 11) is -3.34. The van der Waals surface area contributed by atoms with Crippen LogP contribution in [0.25, 0.3) is 0 Å². The molecule has 1 fully saturated rings. The molecule has 1 aliphatic carbocycles. The maximum absolute atomic E-state index is 10.7. The maximum Gasteiger partial charge on any atom is 0.210 e. The van der Waals surface area contributed by atoms with E-state index in [1.807, 2.05) is 18.2 Å². The van der Waals surface area contributed by atoms with E-state index >= 15 is 0 Å². The molecule has 0 spiro atoms. The molecule has 0 amide bonds. The van der Waals surface area contributed by atoms with Crippen LogP contribution in [-0.2, 0) is 10.0 Å². The van der Waals surface area contributed by atoms with E-state index in [0.717, 1.165) is 6.42 Å². The van der Waals surface area contributed by atoms with Crippen molar-refractivity contribution in [2.24, 2.45) is 5.14 Å². The van der Waals surface area contributed by atoms with Gasteiger partial charge in [-0.05, 0) is 12.0 Å². The third-order valence-corrected chi connectivity index (χ3v) is 3.58. The van der Waals surface area contributed by atoms with E-state index in [-0.39, 0.29) is 5.75 Å². The van der Waals surface area contributed by atoms with Crippen LogP contribution in [0, 0.1) is 0 Å². The third kappa shape index (κ3) is 3.30. The summed E-state index contributed by atoms with van der Waals surface area (Å²) in [6.45, 7) is 0.437. The minimum atomic E-state index is -3.34. The van der Waals surface area contributed by atoms with E-state index in [9.17, 15) is 8.42 Å². The second-order valence-corrected chi connectivity index (χ2v) is 5.91. The van der Waals surface area contributed by atoms with Gasteiger partial charge in [0.25, 0.3) is 0 Å². The number of benzene rings is 1. The third-order valence-electron chi connectivity index (χ3n) is 2.81. The van der Waals surface area contributed by atoms with Crippen LogP contribution in [0.4, 0.5) is 0 Å². The largest absolute Gasteiger partial charge is 0.312 e. The molecule has 1 saturated carbocycles. The van der Waals surface area contributed by atoms with Crippen molar-refractivity contribution in [1.29, 1.82) is 0 Å². The Morgan fingerprint density at radius 3 is 2.62 bits per heavy atom. The van der Waals surface area contributed by atoms with Gasteiger partial charge in [-0.15, -0.1) is 0 Å². The van der Waals surface area contributed by atoms with E-state index < -0.39 is 10.0 Å². The van der Waals surface area contributed by atoms with E-state index in [2.05, 4.69) is 17.4 Å². The molecule has 1 aliphatic rings. The molecular formula is C11H16N2O2S. The van der Waals surface area contributed by atoms with Gasteiger partial charge in [-0.3, -0.25) is 0 Å². The molecule has 1 aromatic rings. The number of nitrogens with two attached hydrogens (primary N) is 1. The molecular weight excluding hydrogens is 224 g/mol. The summed E-state index contributed by atoms with van der Waals surface area (Å²) in [6, 6.07) is 10.7. The van der Waals surface area contributed by atoms with Gasteiger partial charge in [-0.1, -0.05) is 30.3 Å². The molecule has 1 aromatic carbocycles. The highest BCUT2D eigenvalue weighted by atomic mass is 32.2. The van der Waals surface area contributed by atoms with Crippen LogP contribution < -0.4 is 10.5 Å². The Labute approximate surface area is 95.9 Å². The first-order valence-corrected chi connectivity index (χ1v) is 7.06. The summed E-state index contributed by atoms with van der Waals surface area (Å²) in [5, 5.41) is 8.12. The maximum atomic E-state index is 10.7. The number of sulfonamides is 1. The van der Waals surface area contributed by atoms with Crippen LogP contribution in [0.1, 0.15) is 17.9 Å². The lowest BCUT2D eigenvalue weighted by Crippen LogP contribution is -2.28. The van der Waals surface area contributed by atoms with E-state index in [1.54, 1.807) is 0 Å². The molecule has 0 radical (unpaired) electrons. The monoisotopic (exact) mass is 240 g/mol. The van der Waals surface area contributed by atoms with Gasteiger partial charge in [0.15, 0.2) is 0 Å². The summed E-state index contributed by atoms with van der Waals surface area (Å²) in [4.78, 5) is 0. The summed E-state index contributed by atoms with van der Waals surface area (Å²) in [6.07, 6.45) is 1.08. The highest BCUT2D eigenvalue weighted by Gasteiger charge is 2.37. The van der Waals surface area contributed by atoms with Crippen molar-refractivity contribution in [3.05, 3.63) is 35.9 Å². The Bertz CT molecular complexity index is 444. The van der Waals surface area contributed by atoms with E-state index in [0.29, 0.717) is 18.5 Å². The smallest absolute Gasteiger partial charge is 0.210 e. The predicted octanol–water partition coefficient (Wildman–Crippen LogP) is 0.421. The van der Waals surface area contributed by atoms with Crippen LogP contribution >= 0.6 is 0 Å². The van der Waals surface area contributed by atoms with Crippen molar-refractivity contribution >= 4 is 10.0 Å². The zero-order valence-corrected chi connectivity index (χ0v) is 9.78. The van der Waals surface area contributed by atoms with Gasteiger partial charge in [0.2, 0.25) is 10.0 Å². The molecule has 0 aliphatic heterocycles. The van der Waals surface area contributed by atoms with E-state index in [4.69, 9.17) is 5.14 Å². The first-order chi connectivity index (χ1) is 7.56. The second-order valence-electron chi connectivity index (χ2n) is 4.18. The van der Waals surface area contributed by atoms with E-state index in [1.165, 1.54) is 5.56 Å². The quantitative estimate of drug-likeness (QED) is 0.783. The molecule has 16 heavy (non-hydrogen) atoms. The van der Waals surface area contributed by atoms with Crippen molar-refractivity contribution in [3.63, 3.8) is 0 Å². The van der Waals surface area contributed by atoms with Gasteiger partial charge in [0.05, 0.1) is 5.75 Å². The summed E-state index contributed by atoms with van der Waals surface area (Å²) in [5.74, 6) is 0.534. The SMILES string of the molecule is NS(=O)(=O)CCNC1CC1c1ccccc1. The molecule has 88 valence electrons. The topological polar surface area (TPSA) is 72.2 Å². The summed E-state index contributed by atoms with van der Waals surface area (Å²) < 4.78 is 21.4. The molecule has 0 bridgehead atoms. The Balaban J connectivity index is 1.76. The Morgan fingerprint density at radius 2 is 2.00 bits per heavy atom. The fourth-order valence-corrected chi connectivity index (χ4v) is 2.28. The Hall–Kier alpha value is -0.910. The molecule has 0 aromatic heterocycles. The first-order valence-electron chi connectivity index (χ1n) is 5.35. The summed E-state index contributed by atoms with van der Waals surface area (Å²) >= 11 is 0. The molecule has 2 atom stereocenters. The van der Waals surface area contributed by atoms with Crippen molar-refractivity contribution in [3.8, 4) is 0 Å². The highest BCUT2D eigenvalue weighted by molar-refractivity contribution is 7.89. The van der Waals surface area contributed by atoms with Crippen LogP contribution in [-0.4, -0.2) is 26.8 Å². The second kappa shape index (κ2) is 4.53. The lowest BCUT2D eigenvalue weighted by atomic mass is 10.1. The standard InChI is InChI=1S/C11H16N2O2S/c12-16(14,15)7-6-13-11-8-10(11)9-4-2-1-3-5-9/h1-5,10-11,13H,6-8H2,(H2,12,14,15). The average molecular weight is 240 g/mol. The van der Waals surface area contributed by atoms with Gasteiger partial charge >= 0.3 is 0 Å². The minimum absolute atomic E-state index is 0.00497. The molecule has 5 heteroatoms. The number of nitrogens with one attached hydrogen (secondary N) is 1. The van der Waals surface area contributed by atoms with Crippen LogP contribution in [0.15, 0.2) is 30.3 Å². The van der Waals surface area contributed by atoms with Crippen molar-refractivity contribution in [2.75, 3.05) is 12.3 Å². The molecule has 4 nitrogen and oxygen atoms in total. The van der Waals surface area contributed by atoms with Crippen LogP contribution in [0.2, 0.25) is 0 Å². The number of hydrogen-bond acceptors (Lipinski definition) is 3. The van der Waals surface area contributed by atoms with Crippen molar-refractivity contribution in [1.82, 2.24) is 5.32 Å². The van der Waals surface area contributed by atoms with Crippen molar-refractivity contribution in [2.45, 2.75) is 18.4 Å². The summed E-state index contributed by atoms with van der Waals surface area (Å²) in [5.41, 5.74) is 1.32. The zero-order valence-electron chi connectivity index (χ0n) is 8.96. The number of primary sulfonamides is 1. The normalized spacial score (nSPS) is 24.3. The molecule has 0 saturated heterocycles. The highest BCUT2D eigenvalue weighted by Crippen LogP contribution is 2.40. The fourth-order valence-electron chi connectivity index (χ4n) is 1.88. The number of hydrogen-bond donors (Lipinski definition) is 2. The lowest BCUT2D eigenvalue weighted by Gasteiger charge is -2.03. The van der Waals surface area contributed by atoms with Gasteiger partial charge in [0, 0.05) is 18.5 Å². The first kappa shape index (κ1) is 11.6. The predicted molar refractivity (Wildman–Crippen MR) is 63.6 cm³/mol. The van der Waals surface area contributed by atoms with Gasteiger partial charge in [-0.2, -0.15) is 0 Å². The molecule has 3 N–H and O–H groups in total. The molecule has 2 rings (SSSR count). The van der Waals surface area contributed by atoms with Crippen LogP contribution in [0.3, 0.4) is 0 Å².